The summed E-state index contributed by atoms with van der Waals surface area (Å²) in [5.74, 6) is -0.839. The summed E-state index contributed by atoms with van der Waals surface area (Å²) in [5, 5.41) is 17.3. The quantitative estimate of drug-likeness (QED) is 0.682. The van der Waals surface area contributed by atoms with E-state index in [1.54, 1.807) is 0 Å². The SMILES string of the molecule is CC(C)[C@H](NCc1cn(-c2ccccc2)nc1-c1ccccc1)C(=O)O. The van der Waals surface area contributed by atoms with Gasteiger partial charge in [0.1, 0.15) is 6.04 Å². The third-order valence-electron chi connectivity index (χ3n) is 4.30. The van der Waals surface area contributed by atoms with Crippen LogP contribution in [0.3, 0.4) is 0 Å². The van der Waals surface area contributed by atoms with Gasteiger partial charge in [-0.05, 0) is 18.1 Å². The molecule has 0 spiro atoms. The number of carboxylic acids is 1. The van der Waals surface area contributed by atoms with Gasteiger partial charge in [0.2, 0.25) is 0 Å². The summed E-state index contributed by atoms with van der Waals surface area (Å²) in [4.78, 5) is 11.5. The molecule has 0 fully saturated rings. The Morgan fingerprint density at radius 1 is 1.08 bits per heavy atom. The van der Waals surface area contributed by atoms with Crippen LogP contribution in [0, 0.1) is 5.92 Å². The van der Waals surface area contributed by atoms with Gasteiger partial charge in [0.25, 0.3) is 0 Å². The second-order valence-electron chi connectivity index (χ2n) is 6.59. The Morgan fingerprint density at radius 2 is 1.69 bits per heavy atom. The highest BCUT2D eigenvalue weighted by atomic mass is 16.4. The van der Waals surface area contributed by atoms with E-state index in [2.05, 4.69) is 5.32 Å². The predicted octanol–water partition coefficient (Wildman–Crippen LogP) is 3.74. The van der Waals surface area contributed by atoms with Crippen molar-refractivity contribution in [1.82, 2.24) is 15.1 Å². The van der Waals surface area contributed by atoms with Gasteiger partial charge in [-0.2, -0.15) is 5.10 Å². The Kier molecular flexibility index (Phi) is 5.49. The Labute approximate surface area is 153 Å². The number of carboxylic acid groups (broad SMARTS) is 1. The topological polar surface area (TPSA) is 67.2 Å². The van der Waals surface area contributed by atoms with E-state index in [4.69, 9.17) is 5.10 Å². The summed E-state index contributed by atoms with van der Waals surface area (Å²) in [5.41, 5.74) is 3.80. The Hall–Kier alpha value is -2.92. The molecular weight excluding hydrogens is 326 g/mol. The summed E-state index contributed by atoms with van der Waals surface area (Å²) in [7, 11) is 0. The fourth-order valence-corrected chi connectivity index (χ4v) is 2.92. The number of nitrogens with one attached hydrogen (secondary N) is 1. The minimum Gasteiger partial charge on any atom is -0.480 e. The molecule has 0 saturated heterocycles. The molecule has 5 heteroatoms. The molecule has 1 aromatic heterocycles. The first-order valence-corrected chi connectivity index (χ1v) is 8.72. The van der Waals surface area contributed by atoms with Crippen LogP contribution in [0.1, 0.15) is 19.4 Å². The van der Waals surface area contributed by atoms with Crippen molar-refractivity contribution in [2.24, 2.45) is 5.92 Å². The van der Waals surface area contributed by atoms with Crippen LogP contribution in [0.5, 0.6) is 0 Å². The lowest BCUT2D eigenvalue weighted by molar-refractivity contribution is -0.140. The highest BCUT2D eigenvalue weighted by Gasteiger charge is 2.22. The molecule has 5 nitrogen and oxygen atoms in total. The molecule has 0 aliphatic carbocycles. The Morgan fingerprint density at radius 3 is 2.27 bits per heavy atom. The number of benzene rings is 2. The molecule has 0 aliphatic heterocycles. The zero-order valence-corrected chi connectivity index (χ0v) is 15.0. The third-order valence-corrected chi connectivity index (χ3v) is 4.30. The van der Waals surface area contributed by atoms with Crippen LogP contribution in [0.4, 0.5) is 0 Å². The maximum absolute atomic E-state index is 11.5. The molecule has 0 radical (unpaired) electrons. The van der Waals surface area contributed by atoms with Gasteiger partial charge in [0, 0.05) is 23.9 Å². The average molecular weight is 349 g/mol. The summed E-state index contributed by atoms with van der Waals surface area (Å²) in [6.45, 7) is 4.24. The molecule has 1 atom stereocenters. The number of hydrogen-bond donors (Lipinski definition) is 2. The van der Waals surface area contributed by atoms with E-state index in [-0.39, 0.29) is 5.92 Å². The van der Waals surface area contributed by atoms with Crippen LogP contribution < -0.4 is 5.32 Å². The van der Waals surface area contributed by atoms with Crippen molar-refractivity contribution in [3.63, 3.8) is 0 Å². The molecule has 2 aromatic carbocycles. The molecule has 0 unspecified atom stereocenters. The number of aromatic nitrogens is 2. The number of carbonyl (C=O) groups is 1. The van der Waals surface area contributed by atoms with Gasteiger partial charge in [-0.1, -0.05) is 62.4 Å². The smallest absolute Gasteiger partial charge is 0.320 e. The van der Waals surface area contributed by atoms with Crippen molar-refractivity contribution < 1.29 is 9.90 Å². The van der Waals surface area contributed by atoms with Crippen LogP contribution >= 0.6 is 0 Å². The van der Waals surface area contributed by atoms with Crippen molar-refractivity contribution in [1.29, 1.82) is 0 Å². The van der Waals surface area contributed by atoms with Gasteiger partial charge >= 0.3 is 5.97 Å². The molecular formula is C21H23N3O2. The van der Waals surface area contributed by atoms with E-state index < -0.39 is 12.0 Å². The van der Waals surface area contributed by atoms with E-state index in [1.807, 2.05) is 85.4 Å². The first kappa shape index (κ1) is 17.9. The molecule has 1 heterocycles. The predicted molar refractivity (Wildman–Crippen MR) is 102 cm³/mol. The van der Waals surface area contributed by atoms with Crippen LogP contribution in [-0.2, 0) is 11.3 Å². The minimum atomic E-state index is -0.836. The zero-order valence-electron chi connectivity index (χ0n) is 15.0. The van der Waals surface area contributed by atoms with Gasteiger partial charge in [-0.3, -0.25) is 10.1 Å². The number of hydrogen-bond acceptors (Lipinski definition) is 3. The fourth-order valence-electron chi connectivity index (χ4n) is 2.92. The van der Waals surface area contributed by atoms with E-state index in [0.29, 0.717) is 6.54 Å². The maximum atomic E-state index is 11.5. The number of rotatable bonds is 7. The first-order chi connectivity index (χ1) is 12.6. The zero-order chi connectivity index (χ0) is 18.5. The molecule has 3 aromatic rings. The van der Waals surface area contributed by atoms with Crippen molar-refractivity contribution in [2.75, 3.05) is 0 Å². The monoisotopic (exact) mass is 349 g/mol. The molecule has 2 N–H and O–H groups in total. The van der Waals surface area contributed by atoms with Gasteiger partial charge in [-0.15, -0.1) is 0 Å². The average Bonchev–Trinajstić information content (AvgIpc) is 3.07. The van der Waals surface area contributed by atoms with Gasteiger partial charge < -0.3 is 5.11 Å². The van der Waals surface area contributed by atoms with Crippen LogP contribution in [0.15, 0.2) is 66.9 Å². The lowest BCUT2D eigenvalue weighted by Crippen LogP contribution is -2.40. The summed E-state index contributed by atoms with van der Waals surface area (Å²) >= 11 is 0. The normalized spacial score (nSPS) is 12.3. The Balaban J connectivity index is 1.94. The summed E-state index contributed by atoms with van der Waals surface area (Å²) < 4.78 is 1.84. The molecule has 0 aliphatic rings. The number of aliphatic carboxylic acids is 1. The highest BCUT2D eigenvalue weighted by molar-refractivity contribution is 5.73. The van der Waals surface area contributed by atoms with Gasteiger partial charge in [-0.25, -0.2) is 4.68 Å². The first-order valence-electron chi connectivity index (χ1n) is 8.72. The maximum Gasteiger partial charge on any atom is 0.320 e. The molecule has 134 valence electrons. The number of nitrogens with zero attached hydrogens (tertiary/aromatic N) is 2. The Bertz CT molecular complexity index is 857. The van der Waals surface area contributed by atoms with E-state index in [0.717, 1.165) is 22.5 Å². The lowest BCUT2D eigenvalue weighted by Gasteiger charge is -2.17. The standard InChI is InChI=1S/C21H23N3O2/c1-15(2)19(21(25)26)22-13-17-14-24(18-11-7-4-8-12-18)23-20(17)16-9-5-3-6-10-16/h3-12,14-15,19,22H,13H2,1-2H3,(H,25,26)/t19-/m0/s1. The summed E-state index contributed by atoms with van der Waals surface area (Å²) in [6, 6.07) is 19.2. The van der Waals surface area contributed by atoms with E-state index >= 15 is 0 Å². The molecule has 0 saturated carbocycles. The summed E-state index contributed by atoms with van der Waals surface area (Å²) in [6.07, 6.45) is 1.96. The molecule has 0 bridgehead atoms. The molecule has 0 amide bonds. The van der Waals surface area contributed by atoms with Crippen LogP contribution in [0.2, 0.25) is 0 Å². The lowest BCUT2D eigenvalue weighted by atomic mass is 10.0. The third kappa shape index (κ3) is 4.00. The van der Waals surface area contributed by atoms with Crippen molar-refractivity contribution in [3.05, 3.63) is 72.4 Å². The molecule has 26 heavy (non-hydrogen) atoms. The largest absolute Gasteiger partial charge is 0.480 e. The van der Waals surface area contributed by atoms with E-state index in [1.165, 1.54) is 0 Å². The van der Waals surface area contributed by atoms with Crippen molar-refractivity contribution in [2.45, 2.75) is 26.4 Å². The second-order valence-corrected chi connectivity index (χ2v) is 6.59. The van der Waals surface area contributed by atoms with Crippen molar-refractivity contribution >= 4 is 5.97 Å². The number of para-hydroxylation sites is 1. The fraction of sp³-hybridized carbons (Fsp3) is 0.238. The second kappa shape index (κ2) is 7.97. The van der Waals surface area contributed by atoms with E-state index in [9.17, 15) is 9.90 Å². The van der Waals surface area contributed by atoms with Crippen LogP contribution in [-0.4, -0.2) is 26.9 Å². The minimum absolute atomic E-state index is 0.00292. The molecule has 3 rings (SSSR count). The van der Waals surface area contributed by atoms with Gasteiger partial charge in [0.15, 0.2) is 0 Å². The van der Waals surface area contributed by atoms with Crippen molar-refractivity contribution in [3.8, 4) is 16.9 Å². The van der Waals surface area contributed by atoms with Gasteiger partial charge in [0.05, 0.1) is 11.4 Å². The highest BCUT2D eigenvalue weighted by Crippen LogP contribution is 2.24. The van der Waals surface area contributed by atoms with Crippen LogP contribution in [0.25, 0.3) is 16.9 Å².